The molecular weight excluding hydrogens is 292 g/mol. The minimum absolute atomic E-state index is 0.0503. The SMILES string of the molecule is COc1cc(C#N)ccc1NC(=O)c1cc(N)cnc1Cl. The van der Waals surface area contributed by atoms with E-state index in [1.807, 2.05) is 6.07 Å². The van der Waals surface area contributed by atoms with E-state index < -0.39 is 5.91 Å². The highest BCUT2D eigenvalue weighted by atomic mass is 35.5. The van der Waals surface area contributed by atoms with Gasteiger partial charge in [0.2, 0.25) is 0 Å². The molecule has 2 aromatic rings. The van der Waals surface area contributed by atoms with Gasteiger partial charge in [-0.15, -0.1) is 0 Å². The van der Waals surface area contributed by atoms with Gasteiger partial charge < -0.3 is 15.8 Å². The summed E-state index contributed by atoms with van der Waals surface area (Å²) in [5, 5.41) is 11.5. The van der Waals surface area contributed by atoms with Crippen LogP contribution in [0.2, 0.25) is 5.15 Å². The third kappa shape index (κ3) is 3.22. The van der Waals surface area contributed by atoms with Gasteiger partial charge >= 0.3 is 0 Å². The third-order valence-corrected chi connectivity index (χ3v) is 2.98. The number of nitrogen functional groups attached to an aromatic ring is 1. The fourth-order valence-corrected chi connectivity index (χ4v) is 1.87. The molecule has 1 heterocycles. The predicted octanol–water partition coefficient (Wildman–Crippen LogP) is 2.45. The Morgan fingerprint density at radius 2 is 2.24 bits per heavy atom. The number of anilines is 2. The zero-order valence-corrected chi connectivity index (χ0v) is 11.8. The van der Waals surface area contributed by atoms with Gasteiger partial charge in [-0.25, -0.2) is 4.98 Å². The summed E-state index contributed by atoms with van der Waals surface area (Å²) < 4.78 is 5.14. The number of amides is 1. The molecule has 0 aliphatic heterocycles. The quantitative estimate of drug-likeness (QED) is 0.848. The number of nitrogens with two attached hydrogens (primary N) is 1. The third-order valence-electron chi connectivity index (χ3n) is 2.68. The number of methoxy groups -OCH3 is 1. The molecule has 0 aliphatic rings. The molecule has 0 unspecified atom stereocenters. The van der Waals surface area contributed by atoms with E-state index >= 15 is 0 Å². The summed E-state index contributed by atoms with van der Waals surface area (Å²) in [6.45, 7) is 0. The number of nitrogens with zero attached hydrogens (tertiary/aromatic N) is 2. The number of hydrogen-bond acceptors (Lipinski definition) is 5. The number of nitrogens with one attached hydrogen (secondary N) is 1. The molecule has 0 bridgehead atoms. The van der Waals surface area contributed by atoms with Crippen LogP contribution in [0.4, 0.5) is 11.4 Å². The van der Waals surface area contributed by atoms with Crippen molar-refractivity contribution in [3.05, 3.63) is 46.7 Å². The van der Waals surface area contributed by atoms with E-state index in [1.165, 1.54) is 25.4 Å². The lowest BCUT2D eigenvalue weighted by atomic mass is 10.2. The van der Waals surface area contributed by atoms with Crippen molar-refractivity contribution in [3.8, 4) is 11.8 Å². The van der Waals surface area contributed by atoms with Crippen molar-refractivity contribution >= 4 is 28.9 Å². The predicted molar refractivity (Wildman–Crippen MR) is 79.3 cm³/mol. The molecule has 0 saturated carbocycles. The summed E-state index contributed by atoms with van der Waals surface area (Å²) in [7, 11) is 1.45. The van der Waals surface area contributed by atoms with Gasteiger partial charge in [-0.3, -0.25) is 4.79 Å². The number of pyridine rings is 1. The van der Waals surface area contributed by atoms with Crippen LogP contribution < -0.4 is 15.8 Å². The lowest BCUT2D eigenvalue weighted by molar-refractivity contribution is 0.102. The van der Waals surface area contributed by atoms with Crippen molar-refractivity contribution in [2.75, 3.05) is 18.2 Å². The summed E-state index contributed by atoms with van der Waals surface area (Å²) in [5.74, 6) is -0.0989. The zero-order valence-electron chi connectivity index (χ0n) is 11.1. The van der Waals surface area contributed by atoms with Crippen molar-refractivity contribution in [1.29, 1.82) is 5.26 Å². The van der Waals surface area contributed by atoms with E-state index in [1.54, 1.807) is 12.1 Å². The maximum absolute atomic E-state index is 12.2. The monoisotopic (exact) mass is 302 g/mol. The molecule has 0 radical (unpaired) electrons. The summed E-state index contributed by atoms with van der Waals surface area (Å²) >= 11 is 5.88. The zero-order chi connectivity index (χ0) is 15.4. The first-order valence-electron chi connectivity index (χ1n) is 5.85. The van der Waals surface area contributed by atoms with Crippen LogP contribution in [0, 0.1) is 11.3 Å². The average molecular weight is 303 g/mol. The van der Waals surface area contributed by atoms with Crippen LogP contribution in [0.15, 0.2) is 30.5 Å². The van der Waals surface area contributed by atoms with Crippen LogP contribution in [0.1, 0.15) is 15.9 Å². The van der Waals surface area contributed by atoms with Crippen LogP contribution in [0.3, 0.4) is 0 Å². The van der Waals surface area contributed by atoms with E-state index in [0.29, 0.717) is 22.7 Å². The molecule has 0 fully saturated rings. The summed E-state index contributed by atoms with van der Waals surface area (Å²) in [4.78, 5) is 16.0. The minimum Gasteiger partial charge on any atom is -0.495 e. The standard InChI is InChI=1S/C14H11ClN4O2/c1-21-12-4-8(6-16)2-3-11(12)19-14(20)10-5-9(17)7-18-13(10)15/h2-5,7H,17H2,1H3,(H,19,20). The Morgan fingerprint density at radius 1 is 1.48 bits per heavy atom. The number of carbonyl (C=O) groups is 1. The largest absolute Gasteiger partial charge is 0.495 e. The molecule has 7 heteroatoms. The van der Waals surface area contributed by atoms with Gasteiger partial charge in [0.1, 0.15) is 10.9 Å². The maximum Gasteiger partial charge on any atom is 0.258 e. The second-order valence-electron chi connectivity index (χ2n) is 4.09. The number of aromatic nitrogens is 1. The fourth-order valence-electron chi connectivity index (χ4n) is 1.68. The number of benzene rings is 1. The molecule has 3 N–H and O–H groups in total. The van der Waals surface area contributed by atoms with E-state index in [9.17, 15) is 4.79 Å². The summed E-state index contributed by atoms with van der Waals surface area (Å²) in [5.41, 5.74) is 6.92. The number of nitriles is 1. The van der Waals surface area contributed by atoms with E-state index in [0.717, 1.165) is 0 Å². The molecule has 6 nitrogen and oxygen atoms in total. The van der Waals surface area contributed by atoms with Crippen LogP contribution in [-0.2, 0) is 0 Å². The van der Waals surface area contributed by atoms with Gasteiger partial charge in [0.25, 0.3) is 5.91 Å². The van der Waals surface area contributed by atoms with Crippen molar-refractivity contribution in [2.45, 2.75) is 0 Å². The van der Waals surface area contributed by atoms with Gasteiger partial charge in [0, 0.05) is 6.07 Å². The number of rotatable bonds is 3. The Morgan fingerprint density at radius 3 is 2.90 bits per heavy atom. The Hall–Kier alpha value is -2.78. The maximum atomic E-state index is 12.2. The fraction of sp³-hybridized carbons (Fsp3) is 0.0714. The number of hydrogen-bond donors (Lipinski definition) is 2. The van der Waals surface area contributed by atoms with Crippen molar-refractivity contribution in [2.24, 2.45) is 0 Å². The minimum atomic E-state index is -0.470. The van der Waals surface area contributed by atoms with Gasteiger partial charge in [0.15, 0.2) is 0 Å². The molecule has 0 saturated heterocycles. The summed E-state index contributed by atoms with van der Waals surface area (Å²) in [6, 6.07) is 8.08. The Kier molecular flexibility index (Phi) is 4.26. The van der Waals surface area contributed by atoms with Crippen molar-refractivity contribution in [3.63, 3.8) is 0 Å². The normalized spacial score (nSPS) is 9.76. The van der Waals surface area contributed by atoms with E-state index in [2.05, 4.69) is 10.3 Å². The smallest absolute Gasteiger partial charge is 0.258 e. The van der Waals surface area contributed by atoms with E-state index in [4.69, 9.17) is 27.3 Å². The Bertz CT molecular complexity index is 740. The highest BCUT2D eigenvalue weighted by molar-refractivity contribution is 6.33. The van der Waals surface area contributed by atoms with Crippen LogP contribution >= 0.6 is 11.6 Å². The average Bonchev–Trinajstić information content (AvgIpc) is 2.49. The molecule has 0 atom stereocenters. The van der Waals surface area contributed by atoms with Crippen LogP contribution in [0.25, 0.3) is 0 Å². The molecular formula is C14H11ClN4O2. The first-order valence-corrected chi connectivity index (χ1v) is 6.23. The highest BCUT2D eigenvalue weighted by Gasteiger charge is 2.14. The molecule has 1 amide bonds. The topological polar surface area (TPSA) is 101 Å². The molecule has 1 aromatic heterocycles. The van der Waals surface area contributed by atoms with Crippen molar-refractivity contribution < 1.29 is 9.53 Å². The Balaban J connectivity index is 2.32. The number of ether oxygens (including phenoxy) is 1. The molecule has 2 rings (SSSR count). The van der Waals surface area contributed by atoms with Gasteiger partial charge in [-0.2, -0.15) is 5.26 Å². The van der Waals surface area contributed by atoms with E-state index in [-0.39, 0.29) is 10.7 Å². The lowest BCUT2D eigenvalue weighted by Crippen LogP contribution is -2.14. The lowest BCUT2D eigenvalue weighted by Gasteiger charge is -2.11. The molecule has 0 aliphatic carbocycles. The molecule has 1 aromatic carbocycles. The number of carbonyl (C=O) groups excluding carboxylic acids is 1. The molecule has 0 spiro atoms. The van der Waals surface area contributed by atoms with Gasteiger partial charge in [-0.1, -0.05) is 11.6 Å². The van der Waals surface area contributed by atoms with Gasteiger partial charge in [0.05, 0.1) is 41.9 Å². The first kappa shape index (κ1) is 14.6. The van der Waals surface area contributed by atoms with Crippen LogP contribution in [-0.4, -0.2) is 18.0 Å². The molecule has 21 heavy (non-hydrogen) atoms. The first-order chi connectivity index (χ1) is 10.0. The van der Waals surface area contributed by atoms with Crippen LogP contribution in [0.5, 0.6) is 5.75 Å². The second kappa shape index (κ2) is 6.11. The Labute approximate surface area is 126 Å². The summed E-state index contributed by atoms with van der Waals surface area (Å²) in [6.07, 6.45) is 1.36. The highest BCUT2D eigenvalue weighted by Crippen LogP contribution is 2.26. The second-order valence-corrected chi connectivity index (χ2v) is 4.45. The molecule has 106 valence electrons. The van der Waals surface area contributed by atoms with Gasteiger partial charge in [-0.05, 0) is 18.2 Å². The number of halogens is 1. The van der Waals surface area contributed by atoms with Crippen molar-refractivity contribution in [1.82, 2.24) is 4.98 Å².